The minimum atomic E-state index is 0.667. The quantitative estimate of drug-likeness (QED) is 0.554. The van der Waals surface area contributed by atoms with E-state index in [4.69, 9.17) is 0 Å². The molecule has 0 saturated heterocycles. The van der Waals surface area contributed by atoms with Gasteiger partial charge in [0, 0.05) is 0 Å². The van der Waals surface area contributed by atoms with Gasteiger partial charge in [0.25, 0.3) is 0 Å². The van der Waals surface area contributed by atoms with Crippen molar-refractivity contribution in [2.24, 2.45) is 11.8 Å². The lowest BCUT2D eigenvalue weighted by molar-refractivity contribution is 0.719. The van der Waals surface area contributed by atoms with E-state index >= 15 is 0 Å². The molecule has 0 radical (unpaired) electrons. The summed E-state index contributed by atoms with van der Waals surface area (Å²) >= 11 is 0. The summed E-state index contributed by atoms with van der Waals surface area (Å²) in [5.41, 5.74) is 4.58. The highest BCUT2D eigenvalue weighted by atomic mass is 14.1. The Kier molecular flexibility index (Phi) is 5.83. The fraction of sp³-hybridized carbons (Fsp3) is 0.714. The number of hydrogen-bond acceptors (Lipinski definition) is 0. The molecule has 0 nitrogen and oxygen atoms in total. The van der Waals surface area contributed by atoms with Crippen LogP contribution < -0.4 is 0 Å². The monoisotopic (exact) mass is 194 g/mol. The van der Waals surface area contributed by atoms with Crippen molar-refractivity contribution in [1.29, 1.82) is 0 Å². The molecule has 0 spiro atoms. The smallest absolute Gasteiger partial charge is 0.0106 e. The SMILES string of the molecule is CC(C)=C(C/C(C)=C/C(C)C)C(C)C. The van der Waals surface area contributed by atoms with Gasteiger partial charge < -0.3 is 0 Å². The first-order valence-electron chi connectivity index (χ1n) is 5.68. The van der Waals surface area contributed by atoms with Crippen molar-refractivity contribution in [3.8, 4) is 0 Å². The van der Waals surface area contributed by atoms with Gasteiger partial charge in [-0.25, -0.2) is 0 Å². The Labute approximate surface area is 90.1 Å². The first kappa shape index (κ1) is 13.5. The predicted molar refractivity (Wildman–Crippen MR) is 66.4 cm³/mol. The maximum Gasteiger partial charge on any atom is -0.0106 e. The third-order valence-corrected chi connectivity index (χ3v) is 2.43. The van der Waals surface area contributed by atoms with Gasteiger partial charge in [0.15, 0.2) is 0 Å². The second-order valence-corrected chi connectivity index (χ2v) is 5.11. The Morgan fingerprint density at radius 2 is 1.50 bits per heavy atom. The Bertz CT molecular complexity index is 222. The Hall–Kier alpha value is -0.520. The van der Waals surface area contributed by atoms with Crippen molar-refractivity contribution in [3.63, 3.8) is 0 Å². The molecule has 82 valence electrons. The van der Waals surface area contributed by atoms with E-state index in [0.717, 1.165) is 6.42 Å². The Balaban J connectivity index is 4.57. The van der Waals surface area contributed by atoms with Gasteiger partial charge in [-0.15, -0.1) is 0 Å². The Morgan fingerprint density at radius 1 is 1.00 bits per heavy atom. The average molecular weight is 194 g/mol. The van der Waals surface area contributed by atoms with E-state index in [1.54, 1.807) is 5.57 Å². The second-order valence-electron chi connectivity index (χ2n) is 5.11. The minimum absolute atomic E-state index is 0.667. The van der Waals surface area contributed by atoms with Crippen LogP contribution in [0.15, 0.2) is 22.8 Å². The molecule has 0 bridgehead atoms. The van der Waals surface area contributed by atoms with Gasteiger partial charge >= 0.3 is 0 Å². The van der Waals surface area contributed by atoms with Gasteiger partial charge in [-0.3, -0.25) is 0 Å². The number of rotatable bonds is 4. The summed E-state index contributed by atoms with van der Waals surface area (Å²) in [5.74, 6) is 1.34. The van der Waals surface area contributed by atoms with Crippen molar-refractivity contribution in [1.82, 2.24) is 0 Å². The summed E-state index contributed by atoms with van der Waals surface area (Å²) in [4.78, 5) is 0. The third kappa shape index (κ3) is 5.26. The first-order valence-corrected chi connectivity index (χ1v) is 5.68. The fourth-order valence-corrected chi connectivity index (χ4v) is 1.89. The van der Waals surface area contributed by atoms with Crippen LogP contribution in [0.3, 0.4) is 0 Å². The third-order valence-electron chi connectivity index (χ3n) is 2.43. The Morgan fingerprint density at radius 3 is 1.79 bits per heavy atom. The molecule has 14 heavy (non-hydrogen) atoms. The van der Waals surface area contributed by atoms with Crippen molar-refractivity contribution < 1.29 is 0 Å². The lowest BCUT2D eigenvalue weighted by Crippen LogP contribution is -1.98. The highest BCUT2D eigenvalue weighted by Crippen LogP contribution is 2.23. The van der Waals surface area contributed by atoms with E-state index in [-0.39, 0.29) is 0 Å². The zero-order valence-electron chi connectivity index (χ0n) is 10.9. The van der Waals surface area contributed by atoms with Crippen molar-refractivity contribution in [2.45, 2.75) is 54.9 Å². The molecule has 0 aromatic carbocycles. The first-order chi connectivity index (χ1) is 6.34. The highest BCUT2D eigenvalue weighted by molar-refractivity contribution is 5.20. The maximum absolute atomic E-state index is 2.37. The van der Waals surface area contributed by atoms with E-state index in [2.05, 4.69) is 54.5 Å². The molecular formula is C14H26. The van der Waals surface area contributed by atoms with Crippen LogP contribution in [0.2, 0.25) is 0 Å². The summed E-state index contributed by atoms with van der Waals surface area (Å²) in [5, 5.41) is 0. The summed E-state index contributed by atoms with van der Waals surface area (Å²) in [6, 6.07) is 0. The van der Waals surface area contributed by atoms with Gasteiger partial charge in [0.05, 0.1) is 0 Å². The van der Waals surface area contributed by atoms with E-state index in [0.29, 0.717) is 11.8 Å². The fourth-order valence-electron chi connectivity index (χ4n) is 1.89. The summed E-state index contributed by atoms with van der Waals surface area (Å²) < 4.78 is 0. The largest absolute Gasteiger partial charge is 0.0827 e. The lowest BCUT2D eigenvalue weighted by atomic mass is 9.91. The molecule has 0 aromatic rings. The normalized spacial score (nSPS) is 12.5. The predicted octanol–water partition coefficient (Wildman–Crippen LogP) is 4.97. The molecular weight excluding hydrogens is 168 g/mol. The second kappa shape index (κ2) is 6.06. The molecule has 0 heterocycles. The van der Waals surface area contributed by atoms with Gasteiger partial charge in [0.1, 0.15) is 0 Å². The van der Waals surface area contributed by atoms with Crippen LogP contribution >= 0.6 is 0 Å². The molecule has 0 heteroatoms. The van der Waals surface area contributed by atoms with Gasteiger partial charge in [-0.2, -0.15) is 0 Å². The van der Waals surface area contributed by atoms with Crippen molar-refractivity contribution >= 4 is 0 Å². The van der Waals surface area contributed by atoms with Crippen molar-refractivity contribution in [2.75, 3.05) is 0 Å². The van der Waals surface area contributed by atoms with Gasteiger partial charge in [-0.1, -0.05) is 50.5 Å². The molecule has 0 aliphatic carbocycles. The van der Waals surface area contributed by atoms with Crippen LogP contribution in [0.1, 0.15) is 54.9 Å². The average Bonchev–Trinajstić information content (AvgIpc) is 1.97. The number of allylic oxidation sites excluding steroid dienone is 4. The molecule has 0 unspecified atom stereocenters. The van der Waals surface area contributed by atoms with Crippen LogP contribution in [0.5, 0.6) is 0 Å². The molecule has 0 fully saturated rings. The standard InChI is InChI=1S/C14H26/c1-10(2)8-13(7)9-14(11(3)4)12(5)6/h8,10-11H,9H2,1-7H3/b13-8+. The molecule has 0 atom stereocenters. The highest BCUT2D eigenvalue weighted by Gasteiger charge is 2.06. The molecule has 0 aliphatic rings. The molecule has 0 aliphatic heterocycles. The van der Waals surface area contributed by atoms with Gasteiger partial charge in [-0.05, 0) is 39.0 Å². The van der Waals surface area contributed by atoms with Crippen molar-refractivity contribution in [3.05, 3.63) is 22.8 Å². The van der Waals surface area contributed by atoms with Crippen LogP contribution in [0, 0.1) is 11.8 Å². The molecule has 0 aromatic heterocycles. The van der Waals surface area contributed by atoms with E-state index in [1.165, 1.54) is 11.1 Å². The van der Waals surface area contributed by atoms with Gasteiger partial charge in [0.2, 0.25) is 0 Å². The molecule has 0 rings (SSSR count). The maximum atomic E-state index is 2.37. The lowest BCUT2D eigenvalue weighted by Gasteiger charge is -2.15. The van der Waals surface area contributed by atoms with E-state index in [1.807, 2.05) is 0 Å². The van der Waals surface area contributed by atoms with Crippen LogP contribution in [0.25, 0.3) is 0 Å². The molecule has 0 amide bonds. The van der Waals surface area contributed by atoms with E-state index < -0.39 is 0 Å². The number of hydrogen-bond donors (Lipinski definition) is 0. The van der Waals surface area contributed by atoms with Crippen LogP contribution in [-0.4, -0.2) is 0 Å². The summed E-state index contributed by atoms with van der Waals surface area (Å²) in [7, 11) is 0. The zero-order valence-corrected chi connectivity index (χ0v) is 10.9. The molecule has 0 saturated carbocycles. The zero-order chi connectivity index (χ0) is 11.3. The molecule has 0 N–H and O–H groups in total. The van der Waals surface area contributed by atoms with Crippen LogP contribution in [0.4, 0.5) is 0 Å². The van der Waals surface area contributed by atoms with Crippen LogP contribution in [-0.2, 0) is 0 Å². The minimum Gasteiger partial charge on any atom is -0.0827 e. The topological polar surface area (TPSA) is 0 Å². The summed E-state index contributed by atoms with van der Waals surface area (Å²) in [6.07, 6.45) is 3.52. The summed E-state index contributed by atoms with van der Waals surface area (Å²) in [6.45, 7) is 15.7. The van der Waals surface area contributed by atoms with E-state index in [9.17, 15) is 0 Å².